The van der Waals surface area contributed by atoms with Crippen LogP contribution in [-0.4, -0.2) is 24.7 Å². The third-order valence-corrected chi connectivity index (χ3v) is 3.62. The third-order valence-electron chi connectivity index (χ3n) is 3.62. The van der Waals surface area contributed by atoms with E-state index in [1.54, 1.807) is 0 Å². The van der Waals surface area contributed by atoms with E-state index in [4.69, 9.17) is 10.5 Å². The minimum absolute atomic E-state index is 0.177. The summed E-state index contributed by atoms with van der Waals surface area (Å²) < 4.78 is 5.69. The van der Waals surface area contributed by atoms with E-state index in [2.05, 4.69) is 58.5 Å². The fraction of sp³-hybridized carbons (Fsp3) is 0.688. The largest absolute Gasteiger partial charge is 0.476 e. The van der Waals surface area contributed by atoms with Crippen LogP contribution in [0.1, 0.15) is 41.5 Å². The molecule has 0 saturated heterocycles. The predicted molar refractivity (Wildman–Crippen MR) is 86.3 cm³/mol. The minimum atomic E-state index is 0.177. The fourth-order valence-electron chi connectivity index (χ4n) is 1.78. The van der Waals surface area contributed by atoms with Crippen molar-refractivity contribution in [3.05, 3.63) is 12.1 Å². The molecule has 0 aliphatic heterocycles. The lowest BCUT2D eigenvalue weighted by molar-refractivity contribution is 0.262. The molecule has 4 heteroatoms. The topological polar surface area (TPSA) is 51.4 Å². The molecule has 0 saturated carbocycles. The first-order valence-corrected chi connectivity index (χ1v) is 7.25. The van der Waals surface area contributed by atoms with Crippen molar-refractivity contribution in [1.82, 2.24) is 4.98 Å². The highest BCUT2D eigenvalue weighted by atomic mass is 16.5. The molecule has 0 bridgehead atoms. The average Bonchev–Trinajstić information content (AvgIpc) is 2.34. The summed E-state index contributed by atoms with van der Waals surface area (Å²) in [5, 5.41) is 0. The van der Waals surface area contributed by atoms with Crippen molar-refractivity contribution in [2.75, 3.05) is 24.3 Å². The quantitative estimate of drug-likeness (QED) is 0.895. The molecule has 0 aromatic carbocycles. The summed E-state index contributed by atoms with van der Waals surface area (Å²) >= 11 is 0. The van der Waals surface area contributed by atoms with Gasteiger partial charge in [-0.15, -0.1) is 0 Å². The first-order valence-electron chi connectivity index (χ1n) is 7.25. The summed E-state index contributed by atoms with van der Waals surface area (Å²) in [4.78, 5) is 6.73. The van der Waals surface area contributed by atoms with Crippen LogP contribution in [0.15, 0.2) is 12.1 Å². The smallest absolute Gasteiger partial charge is 0.239 e. The standard InChI is InChI=1S/C16H29N3O/c1-11(2)10-20-15-13(17)8-9-14(18-15)19(7)12(3)16(4,5)6/h8-9,11-12H,10,17H2,1-7H3. The van der Waals surface area contributed by atoms with Gasteiger partial charge in [-0.3, -0.25) is 0 Å². The van der Waals surface area contributed by atoms with E-state index in [1.807, 2.05) is 12.1 Å². The van der Waals surface area contributed by atoms with Gasteiger partial charge in [-0.25, -0.2) is 0 Å². The van der Waals surface area contributed by atoms with Crippen LogP contribution in [0.4, 0.5) is 11.5 Å². The molecule has 114 valence electrons. The zero-order valence-electron chi connectivity index (χ0n) is 13.9. The maximum atomic E-state index is 5.93. The van der Waals surface area contributed by atoms with Crippen LogP contribution in [0, 0.1) is 11.3 Å². The average molecular weight is 279 g/mol. The Kier molecular flexibility index (Phi) is 5.26. The van der Waals surface area contributed by atoms with E-state index in [-0.39, 0.29) is 5.41 Å². The molecule has 1 heterocycles. The molecule has 0 aliphatic carbocycles. The Morgan fingerprint density at radius 1 is 1.25 bits per heavy atom. The first kappa shape index (κ1) is 16.6. The Balaban J connectivity index is 2.94. The molecule has 2 N–H and O–H groups in total. The number of nitrogen functional groups attached to an aromatic ring is 1. The van der Waals surface area contributed by atoms with Gasteiger partial charge in [-0.05, 0) is 30.4 Å². The van der Waals surface area contributed by atoms with Gasteiger partial charge >= 0.3 is 0 Å². The summed E-state index contributed by atoms with van der Waals surface area (Å²) in [5.74, 6) is 1.87. The normalized spacial score (nSPS) is 13.4. The summed E-state index contributed by atoms with van der Waals surface area (Å²) in [5.41, 5.74) is 6.70. The fourth-order valence-corrected chi connectivity index (χ4v) is 1.78. The highest BCUT2D eigenvalue weighted by molar-refractivity contribution is 5.54. The van der Waals surface area contributed by atoms with Gasteiger partial charge in [0.15, 0.2) is 0 Å². The predicted octanol–water partition coefficient (Wildman–Crippen LogP) is 3.57. The Morgan fingerprint density at radius 2 is 1.85 bits per heavy atom. The van der Waals surface area contributed by atoms with Crippen molar-refractivity contribution >= 4 is 11.5 Å². The first-order chi connectivity index (χ1) is 9.12. The van der Waals surface area contributed by atoms with Gasteiger partial charge in [-0.1, -0.05) is 34.6 Å². The van der Waals surface area contributed by atoms with Crippen LogP contribution in [0.2, 0.25) is 0 Å². The van der Waals surface area contributed by atoms with Gasteiger partial charge in [-0.2, -0.15) is 4.98 Å². The van der Waals surface area contributed by atoms with Crippen LogP contribution in [0.25, 0.3) is 0 Å². The number of pyridine rings is 1. The zero-order valence-corrected chi connectivity index (χ0v) is 13.9. The highest BCUT2D eigenvalue weighted by Gasteiger charge is 2.25. The monoisotopic (exact) mass is 279 g/mol. The van der Waals surface area contributed by atoms with E-state index in [0.717, 1.165) is 5.82 Å². The van der Waals surface area contributed by atoms with E-state index >= 15 is 0 Å². The third kappa shape index (κ3) is 4.29. The lowest BCUT2D eigenvalue weighted by atomic mass is 9.87. The van der Waals surface area contributed by atoms with Crippen molar-refractivity contribution in [3.8, 4) is 5.88 Å². The maximum Gasteiger partial charge on any atom is 0.239 e. The second kappa shape index (κ2) is 6.33. The van der Waals surface area contributed by atoms with Crippen LogP contribution >= 0.6 is 0 Å². The molecule has 1 aromatic rings. The molecule has 1 atom stereocenters. The highest BCUT2D eigenvalue weighted by Crippen LogP contribution is 2.29. The molecule has 1 aromatic heterocycles. The maximum absolute atomic E-state index is 5.93. The molecule has 1 unspecified atom stereocenters. The van der Waals surface area contributed by atoms with Gasteiger partial charge < -0.3 is 15.4 Å². The van der Waals surface area contributed by atoms with Crippen LogP contribution in [0.5, 0.6) is 5.88 Å². The molecule has 20 heavy (non-hydrogen) atoms. The molecule has 0 radical (unpaired) electrons. The van der Waals surface area contributed by atoms with Crippen molar-refractivity contribution in [2.24, 2.45) is 11.3 Å². The molecule has 0 aliphatic rings. The van der Waals surface area contributed by atoms with Gasteiger partial charge in [0, 0.05) is 13.1 Å². The van der Waals surface area contributed by atoms with Gasteiger partial charge in [0.25, 0.3) is 0 Å². The van der Waals surface area contributed by atoms with E-state index in [1.165, 1.54) is 0 Å². The second-order valence-electron chi connectivity index (χ2n) is 6.92. The number of nitrogens with two attached hydrogens (primary N) is 1. The Bertz CT molecular complexity index is 438. The second-order valence-corrected chi connectivity index (χ2v) is 6.92. The summed E-state index contributed by atoms with van der Waals surface area (Å²) in [6, 6.07) is 4.17. The van der Waals surface area contributed by atoms with E-state index < -0.39 is 0 Å². The van der Waals surface area contributed by atoms with Crippen molar-refractivity contribution < 1.29 is 4.74 Å². The number of anilines is 2. The number of ether oxygens (including phenoxy) is 1. The van der Waals surface area contributed by atoms with Crippen LogP contribution in [-0.2, 0) is 0 Å². The van der Waals surface area contributed by atoms with Crippen molar-refractivity contribution in [1.29, 1.82) is 0 Å². The summed E-state index contributed by atoms with van der Waals surface area (Å²) in [6.07, 6.45) is 0. The lowest BCUT2D eigenvalue weighted by Gasteiger charge is -2.36. The SMILES string of the molecule is CC(C)COc1nc(N(C)C(C)C(C)(C)C)ccc1N. The molecular formula is C16H29N3O. The van der Waals surface area contributed by atoms with E-state index in [9.17, 15) is 0 Å². The molecule has 1 rings (SSSR count). The number of hydrogen-bond donors (Lipinski definition) is 1. The number of nitrogens with zero attached hydrogens (tertiary/aromatic N) is 2. The molecule has 0 spiro atoms. The van der Waals surface area contributed by atoms with Crippen molar-refractivity contribution in [2.45, 2.75) is 47.6 Å². The molecule has 0 amide bonds. The molecule has 0 fully saturated rings. The Morgan fingerprint density at radius 3 is 2.35 bits per heavy atom. The summed E-state index contributed by atoms with van der Waals surface area (Å²) in [6.45, 7) is 13.7. The molecular weight excluding hydrogens is 250 g/mol. The van der Waals surface area contributed by atoms with Gasteiger partial charge in [0.1, 0.15) is 5.82 Å². The number of rotatable bonds is 5. The Hall–Kier alpha value is -1.45. The van der Waals surface area contributed by atoms with E-state index in [0.29, 0.717) is 30.1 Å². The van der Waals surface area contributed by atoms with Crippen LogP contribution in [0.3, 0.4) is 0 Å². The lowest BCUT2D eigenvalue weighted by Crippen LogP contribution is -2.39. The van der Waals surface area contributed by atoms with Gasteiger partial charge in [0.05, 0.1) is 12.3 Å². The van der Waals surface area contributed by atoms with Crippen molar-refractivity contribution in [3.63, 3.8) is 0 Å². The van der Waals surface area contributed by atoms with Crippen LogP contribution < -0.4 is 15.4 Å². The van der Waals surface area contributed by atoms with Gasteiger partial charge in [0.2, 0.25) is 5.88 Å². The molecule has 4 nitrogen and oxygen atoms in total. The summed E-state index contributed by atoms with van der Waals surface area (Å²) in [7, 11) is 2.06. The number of aromatic nitrogens is 1. The number of hydrogen-bond acceptors (Lipinski definition) is 4. The Labute approximate surface area is 123 Å². The zero-order chi connectivity index (χ0) is 15.5. The minimum Gasteiger partial charge on any atom is -0.476 e.